The third-order valence-electron chi connectivity index (χ3n) is 4.67. The molecule has 0 aliphatic carbocycles. The molecular weight excluding hydrogens is 414 g/mol. The van der Waals surface area contributed by atoms with Crippen LogP contribution in [0.1, 0.15) is 19.8 Å². The maximum atomic E-state index is 12.4. The Morgan fingerprint density at radius 3 is 2.67 bits per heavy atom. The van der Waals surface area contributed by atoms with Gasteiger partial charge in [0.15, 0.2) is 5.96 Å². The summed E-state index contributed by atoms with van der Waals surface area (Å²) < 4.78 is 31.9. The number of sulfonamides is 1. The number of piperidine rings is 1. The number of hydrogen-bond acceptors (Lipinski definition) is 7. The van der Waals surface area contributed by atoms with Crippen molar-refractivity contribution in [3.05, 3.63) is 34.4 Å². The summed E-state index contributed by atoms with van der Waals surface area (Å²) in [6, 6.07) is 4.87. The van der Waals surface area contributed by atoms with Crippen LogP contribution in [0.5, 0.6) is 0 Å². The van der Waals surface area contributed by atoms with E-state index in [-0.39, 0.29) is 35.6 Å². The molecule has 1 aromatic rings. The highest BCUT2D eigenvalue weighted by Crippen LogP contribution is 2.19. The second-order valence-corrected chi connectivity index (χ2v) is 8.44. The van der Waals surface area contributed by atoms with Crippen molar-refractivity contribution >= 4 is 27.6 Å². The summed E-state index contributed by atoms with van der Waals surface area (Å²) >= 11 is 0. The summed E-state index contributed by atoms with van der Waals surface area (Å²) in [5.74, 6) is 0.332. The second kappa shape index (κ2) is 10.9. The van der Waals surface area contributed by atoms with Gasteiger partial charge >= 0.3 is 5.97 Å². The maximum Gasteiger partial charge on any atom is 0.308 e. The van der Waals surface area contributed by atoms with E-state index in [0.717, 1.165) is 6.07 Å². The minimum atomic E-state index is -3.88. The normalized spacial score (nSPS) is 15.7. The van der Waals surface area contributed by atoms with Crippen molar-refractivity contribution in [2.45, 2.75) is 24.7 Å². The molecule has 2 rings (SSSR count). The number of guanidine groups is 1. The van der Waals surface area contributed by atoms with Crippen LogP contribution >= 0.6 is 0 Å². The zero-order valence-electron chi connectivity index (χ0n) is 17.0. The SMILES string of the molecule is CCNC(=NCCNS(=O)(=O)c1cccc([N+](=O)[O-])c1)N1CCC(C(=O)OC)CC1. The van der Waals surface area contributed by atoms with Crippen molar-refractivity contribution < 1.29 is 22.9 Å². The van der Waals surface area contributed by atoms with Gasteiger partial charge in [-0.3, -0.25) is 19.9 Å². The van der Waals surface area contributed by atoms with Crippen LogP contribution in [0.15, 0.2) is 34.2 Å². The highest BCUT2D eigenvalue weighted by molar-refractivity contribution is 7.89. The fraction of sp³-hybridized carbons (Fsp3) is 0.556. The molecule has 0 unspecified atom stereocenters. The highest BCUT2D eigenvalue weighted by atomic mass is 32.2. The van der Waals surface area contributed by atoms with Crippen LogP contribution < -0.4 is 10.0 Å². The predicted molar refractivity (Wildman–Crippen MR) is 111 cm³/mol. The zero-order chi connectivity index (χ0) is 22.1. The Balaban J connectivity index is 1.94. The number of nitro benzene ring substituents is 1. The van der Waals surface area contributed by atoms with Crippen molar-refractivity contribution in [3.8, 4) is 0 Å². The van der Waals surface area contributed by atoms with E-state index in [2.05, 4.69) is 15.0 Å². The van der Waals surface area contributed by atoms with E-state index in [4.69, 9.17) is 4.74 Å². The Kier molecular flexibility index (Phi) is 8.54. The fourth-order valence-electron chi connectivity index (χ4n) is 3.11. The number of nitrogens with zero attached hydrogens (tertiary/aromatic N) is 3. The molecule has 0 bridgehead atoms. The van der Waals surface area contributed by atoms with Gasteiger partial charge in [0.25, 0.3) is 5.69 Å². The van der Waals surface area contributed by atoms with Gasteiger partial charge in [-0.25, -0.2) is 13.1 Å². The van der Waals surface area contributed by atoms with Crippen LogP contribution in [0.25, 0.3) is 0 Å². The molecular formula is C18H27N5O6S. The number of esters is 1. The number of carbonyl (C=O) groups excluding carboxylic acids is 1. The fourth-order valence-corrected chi connectivity index (χ4v) is 4.17. The number of aliphatic imine (C=N–C) groups is 1. The number of non-ortho nitro benzene ring substituents is 1. The number of methoxy groups -OCH3 is 1. The second-order valence-electron chi connectivity index (χ2n) is 6.67. The number of benzene rings is 1. The molecule has 0 saturated carbocycles. The molecule has 1 aliphatic rings. The number of likely N-dealkylation sites (tertiary alicyclic amines) is 1. The van der Waals surface area contributed by atoms with Gasteiger partial charge in [0.2, 0.25) is 10.0 Å². The Bertz CT molecular complexity index is 881. The number of hydrogen-bond donors (Lipinski definition) is 2. The van der Waals surface area contributed by atoms with Gasteiger partial charge in [0.1, 0.15) is 0 Å². The minimum absolute atomic E-state index is 0.0402. The predicted octanol–water partition coefficient (Wildman–Crippen LogP) is 0.724. The van der Waals surface area contributed by atoms with E-state index < -0.39 is 14.9 Å². The molecule has 0 radical (unpaired) electrons. The Morgan fingerprint density at radius 1 is 1.37 bits per heavy atom. The van der Waals surface area contributed by atoms with Gasteiger partial charge in [-0.2, -0.15) is 0 Å². The number of ether oxygens (including phenoxy) is 1. The summed E-state index contributed by atoms with van der Waals surface area (Å²) in [6.07, 6.45) is 1.33. The topological polar surface area (TPSA) is 143 Å². The summed E-state index contributed by atoms with van der Waals surface area (Å²) in [4.78, 5) is 28.2. The number of nitrogens with one attached hydrogen (secondary N) is 2. The first-order valence-electron chi connectivity index (χ1n) is 9.63. The Hall–Kier alpha value is -2.73. The van der Waals surface area contributed by atoms with Gasteiger partial charge in [0, 0.05) is 38.3 Å². The first kappa shape index (κ1) is 23.5. The Labute approximate surface area is 175 Å². The van der Waals surface area contributed by atoms with Crippen LogP contribution in [0.2, 0.25) is 0 Å². The summed E-state index contributed by atoms with van der Waals surface area (Å²) in [5, 5.41) is 14.0. The number of rotatable bonds is 8. The smallest absolute Gasteiger partial charge is 0.308 e. The number of carbonyl (C=O) groups is 1. The third kappa shape index (κ3) is 6.39. The summed E-state index contributed by atoms with van der Waals surface area (Å²) in [5.41, 5.74) is -0.291. The van der Waals surface area contributed by atoms with E-state index >= 15 is 0 Å². The molecule has 0 atom stereocenters. The average molecular weight is 442 g/mol. The van der Waals surface area contributed by atoms with Gasteiger partial charge in [-0.05, 0) is 25.8 Å². The van der Waals surface area contributed by atoms with Gasteiger partial charge < -0.3 is 15.0 Å². The lowest BCUT2D eigenvalue weighted by Crippen LogP contribution is -2.47. The molecule has 0 amide bonds. The van der Waals surface area contributed by atoms with Gasteiger partial charge in [0.05, 0.1) is 29.4 Å². The third-order valence-corrected chi connectivity index (χ3v) is 6.13. The molecule has 0 aromatic heterocycles. The van der Waals surface area contributed by atoms with Crippen molar-refractivity contribution in [1.29, 1.82) is 0 Å². The highest BCUT2D eigenvalue weighted by Gasteiger charge is 2.27. The largest absolute Gasteiger partial charge is 0.469 e. The lowest BCUT2D eigenvalue weighted by atomic mass is 9.97. The first-order valence-corrected chi connectivity index (χ1v) is 11.1. The molecule has 1 fully saturated rings. The van der Waals surface area contributed by atoms with Crippen molar-refractivity contribution in [2.75, 3.05) is 39.8 Å². The molecule has 12 heteroatoms. The van der Waals surface area contributed by atoms with Crippen LogP contribution in [-0.2, 0) is 19.6 Å². The monoisotopic (exact) mass is 441 g/mol. The Morgan fingerprint density at radius 2 is 2.07 bits per heavy atom. The lowest BCUT2D eigenvalue weighted by Gasteiger charge is -2.33. The standard InChI is InChI=1S/C18H27N5O6S/c1-3-19-18(22-11-7-14(8-12-22)17(24)29-2)20-9-10-21-30(27,28)16-6-4-5-15(13-16)23(25)26/h4-6,13-14,21H,3,7-12H2,1-2H3,(H,19,20). The van der Waals surface area contributed by atoms with Gasteiger partial charge in [-0.15, -0.1) is 0 Å². The molecule has 1 saturated heterocycles. The van der Waals surface area contributed by atoms with Crippen molar-refractivity contribution in [3.63, 3.8) is 0 Å². The molecule has 2 N–H and O–H groups in total. The average Bonchev–Trinajstić information content (AvgIpc) is 2.75. The number of nitro groups is 1. The minimum Gasteiger partial charge on any atom is -0.469 e. The van der Waals surface area contributed by atoms with Crippen LogP contribution in [0.3, 0.4) is 0 Å². The van der Waals surface area contributed by atoms with Crippen molar-refractivity contribution in [2.24, 2.45) is 10.9 Å². The molecule has 1 aromatic carbocycles. The lowest BCUT2D eigenvalue weighted by molar-refractivity contribution is -0.385. The van der Waals surface area contributed by atoms with Crippen LogP contribution in [-0.4, -0.2) is 70.0 Å². The van der Waals surface area contributed by atoms with Crippen LogP contribution in [0, 0.1) is 16.0 Å². The molecule has 166 valence electrons. The summed E-state index contributed by atoms with van der Waals surface area (Å²) in [6.45, 7) is 4.10. The van der Waals surface area contributed by atoms with E-state index in [9.17, 15) is 23.3 Å². The molecule has 11 nitrogen and oxygen atoms in total. The maximum absolute atomic E-state index is 12.4. The van der Waals surface area contributed by atoms with E-state index in [0.29, 0.717) is 38.4 Å². The van der Waals surface area contributed by atoms with Crippen molar-refractivity contribution in [1.82, 2.24) is 14.9 Å². The molecule has 1 heterocycles. The van der Waals surface area contributed by atoms with E-state index in [1.165, 1.54) is 25.3 Å². The molecule has 1 aliphatic heterocycles. The quantitative estimate of drug-likeness (QED) is 0.150. The van der Waals surface area contributed by atoms with E-state index in [1.807, 2.05) is 11.8 Å². The molecule has 0 spiro atoms. The zero-order valence-corrected chi connectivity index (χ0v) is 17.9. The van der Waals surface area contributed by atoms with Gasteiger partial charge in [-0.1, -0.05) is 6.07 Å². The van der Waals surface area contributed by atoms with E-state index in [1.54, 1.807) is 0 Å². The van der Waals surface area contributed by atoms with Crippen LogP contribution in [0.4, 0.5) is 5.69 Å². The first-order chi connectivity index (χ1) is 14.3. The summed E-state index contributed by atoms with van der Waals surface area (Å²) in [7, 11) is -2.50. The molecule has 30 heavy (non-hydrogen) atoms.